The second-order valence-electron chi connectivity index (χ2n) is 7.13. The van der Waals surface area contributed by atoms with Crippen molar-refractivity contribution in [3.63, 3.8) is 0 Å². The molecule has 3 nitrogen and oxygen atoms in total. The normalized spacial score (nSPS) is 14.1. The Morgan fingerprint density at radius 1 is 1.11 bits per heavy atom. The largest absolute Gasteiger partial charge is 0.462 e. The highest BCUT2D eigenvalue weighted by atomic mass is 16.5. The molecule has 0 aliphatic heterocycles. The van der Waals surface area contributed by atoms with E-state index in [1.54, 1.807) is 19.1 Å². The molecule has 27 heavy (non-hydrogen) atoms. The summed E-state index contributed by atoms with van der Waals surface area (Å²) < 4.78 is 4.98. The van der Waals surface area contributed by atoms with Crippen molar-refractivity contribution >= 4 is 11.5 Å². The monoisotopic (exact) mass is 355 g/mol. The van der Waals surface area contributed by atoms with Gasteiger partial charge in [0.15, 0.2) is 0 Å². The molecule has 0 N–H and O–H groups in total. The highest BCUT2D eigenvalue weighted by molar-refractivity contribution is 5.89. The van der Waals surface area contributed by atoms with Gasteiger partial charge in [0.1, 0.15) is 0 Å². The molecule has 1 aliphatic carbocycles. The summed E-state index contributed by atoms with van der Waals surface area (Å²) in [5.74, 6) is 6.00. The predicted octanol–water partition coefficient (Wildman–Crippen LogP) is 4.85. The molecule has 0 spiro atoms. The van der Waals surface area contributed by atoms with E-state index in [-0.39, 0.29) is 11.4 Å². The Morgan fingerprint density at radius 2 is 1.78 bits per heavy atom. The zero-order valence-electron chi connectivity index (χ0n) is 15.8. The van der Waals surface area contributed by atoms with Gasteiger partial charge in [0.05, 0.1) is 23.8 Å². The van der Waals surface area contributed by atoms with Crippen LogP contribution < -0.4 is 0 Å². The minimum atomic E-state index is -0.324. The highest BCUT2D eigenvalue weighted by Gasteiger charge is 2.28. The molecule has 0 aromatic heterocycles. The Morgan fingerprint density at radius 3 is 2.44 bits per heavy atom. The van der Waals surface area contributed by atoms with Crippen molar-refractivity contribution in [1.82, 2.24) is 0 Å². The van der Waals surface area contributed by atoms with Crippen molar-refractivity contribution in [2.45, 2.75) is 32.6 Å². The Kier molecular flexibility index (Phi) is 5.15. The molecule has 2 aromatic rings. The molecule has 134 valence electrons. The summed E-state index contributed by atoms with van der Waals surface area (Å²) in [5.41, 5.74) is 5.14. The van der Waals surface area contributed by atoms with E-state index in [2.05, 4.69) is 37.8 Å². The average Bonchev–Trinajstić information content (AvgIpc) is 2.67. The number of benzene rings is 2. The van der Waals surface area contributed by atoms with Gasteiger partial charge in [-0.1, -0.05) is 37.8 Å². The Bertz CT molecular complexity index is 1010. The van der Waals surface area contributed by atoms with Crippen LogP contribution in [0.15, 0.2) is 48.5 Å². The first-order valence-corrected chi connectivity index (χ1v) is 8.99. The number of esters is 1. The topological polar surface area (TPSA) is 50.1 Å². The van der Waals surface area contributed by atoms with E-state index in [0.29, 0.717) is 12.2 Å². The molecule has 0 amide bonds. The fraction of sp³-hybridized carbons (Fsp3) is 0.250. The minimum Gasteiger partial charge on any atom is -0.462 e. The van der Waals surface area contributed by atoms with Gasteiger partial charge in [-0.15, -0.1) is 0 Å². The molecule has 0 atom stereocenters. The van der Waals surface area contributed by atoms with E-state index < -0.39 is 0 Å². The van der Waals surface area contributed by atoms with Crippen molar-refractivity contribution in [3.8, 4) is 17.9 Å². The van der Waals surface area contributed by atoms with Gasteiger partial charge >= 0.3 is 5.97 Å². The summed E-state index contributed by atoms with van der Waals surface area (Å²) in [5, 5.41) is 9.35. The van der Waals surface area contributed by atoms with Crippen LogP contribution in [-0.4, -0.2) is 12.6 Å². The predicted molar refractivity (Wildman–Crippen MR) is 106 cm³/mol. The van der Waals surface area contributed by atoms with Crippen molar-refractivity contribution in [3.05, 3.63) is 76.4 Å². The van der Waals surface area contributed by atoms with Gasteiger partial charge in [0.2, 0.25) is 0 Å². The fourth-order valence-electron chi connectivity index (χ4n) is 3.15. The standard InChI is InChI=1S/C24H21NO2/c1-4-27-23(26)19-10-7-17(8-11-19)5-6-18-9-12-21-20(16-25)13-14-24(2,3)22(21)15-18/h7-13,15H,4,14H2,1-3H3. The summed E-state index contributed by atoms with van der Waals surface area (Å²) in [4.78, 5) is 11.7. The molecule has 0 fully saturated rings. The van der Waals surface area contributed by atoms with Gasteiger partial charge in [0.25, 0.3) is 0 Å². The van der Waals surface area contributed by atoms with Crippen LogP contribution >= 0.6 is 0 Å². The number of nitriles is 1. The number of carbonyl (C=O) groups excluding carboxylic acids is 1. The van der Waals surface area contributed by atoms with Gasteiger partial charge in [-0.3, -0.25) is 0 Å². The zero-order chi connectivity index (χ0) is 19.4. The van der Waals surface area contributed by atoms with Crippen LogP contribution in [0.5, 0.6) is 0 Å². The Balaban J connectivity index is 1.87. The number of nitrogens with zero attached hydrogens (tertiary/aromatic N) is 1. The maximum Gasteiger partial charge on any atom is 0.338 e. The summed E-state index contributed by atoms with van der Waals surface area (Å²) in [6.07, 6.45) is 2.86. The first-order chi connectivity index (χ1) is 12.9. The number of carbonyl (C=O) groups is 1. The fourth-order valence-corrected chi connectivity index (χ4v) is 3.15. The molecule has 0 saturated heterocycles. The summed E-state index contributed by atoms with van der Waals surface area (Å²) in [6, 6.07) is 15.4. The van der Waals surface area contributed by atoms with E-state index in [9.17, 15) is 10.1 Å². The third-order valence-corrected chi connectivity index (χ3v) is 4.72. The van der Waals surface area contributed by atoms with Crippen LogP contribution in [0.1, 0.15) is 59.8 Å². The molecular weight excluding hydrogens is 334 g/mol. The van der Waals surface area contributed by atoms with Crippen LogP contribution in [0.2, 0.25) is 0 Å². The molecule has 0 radical (unpaired) electrons. The molecule has 1 aliphatic rings. The maximum atomic E-state index is 11.7. The molecule has 3 rings (SSSR count). The van der Waals surface area contributed by atoms with E-state index in [0.717, 1.165) is 34.2 Å². The number of rotatable bonds is 2. The van der Waals surface area contributed by atoms with Crippen LogP contribution in [0.3, 0.4) is 0 Å². The van der Waals surface area contributed by atoms with Crippen molar-refractivity contribution < 1.29 is 9.53 Å². The van der Waals surface area contributed by atoms with Crippen LogP contribution in [0.25, 0.3) is 5.57 Å². The van der Waals surface area contributed by atoms with Gasteiger partial charge in [0, 0.05) is 11.1 Å². The Labute approximate surface area is 160 Å². The molecule has 2 aromatic carbocycles. The van der Waals surface area contributed by atoms with E-state index >= 15 is 0 Å². The lowest BCUT2D eigenvalue weighted by Gasteiger charge is -2.30. The Hall–Kier alpha value is -3.30. The zero-order valence-corrected chi connectivity index (χ0v) is 15.8. The summed E-state index contributed by atoms with van der Waals surface area (Å²) in [7, 11) is 0. The number of fused-ring (bicyclic) bond motifs is 1. The maximum absolute atomic E-state index is 11.7. The number of ether oxygens (including phenoxy) is 1. The van der Waals surface area contributed by atoms with Crippen LogP contribution in [-0.2, 0) is 10.2 Å². The molecule has 3 heteroatoms. The number of hydrogen-bond acceptors (Lipinski definition) is 3. The smallest absolute Gasteiger partial charge is 0.338 e. The lowest BCUT2D eigenvalue weighted by atomic mass is 9.73. The lowest BCUT2D eigenvalue weighted by molar-refractivity contribution is 0.0526. The SMILES string of the molecule is CCOC(=O)c1ccc(C#Cc2ccc3c(c2)C(C)(C)CC=C3C#N)cc1. The second-order valence-corrected chi connectivity index (χ2v) is 7.13. The van der Waals surface area contributed by atoms with E-state index in [1.165, 1.54) is 0 Å². The molecule has 0 saturated carbocycles. The van der Waals surface area contributed by atoms with Crippen molar-refractivity contribution in [2.24, 2.45) is 0 Å². The summed E-state index contributed by atoms with van der Waals surface area (Å²) >= 11 is 0. The number of hydrogen-bond donors (Lipinski definition) is 0. The first-order valence-electron chi connectivity index (χ1n) is 8.99. The highest BCUT2D eigenvalue weighted by Crippen LogP contribution is 2.38. The second kappa shape index (κ2) is 7.52. The van der Waals surface area contributed by atoms with Crippen molar-refractivity contribution in [1.29, 1.82) is 5.26 Å². The minimum absolute atomic E-state index is 0.0192. The summed E-state index contributed by atoms with van der Waals surface area (Å²) in [6.45, 7) is 6.51. The average molecular weight is 355 g/mol. The van der Waals surface area contributed by atoms with Gasteiger partial charge in [-0.05, 0) is 66.3 Å². The third-order valence-electron chi connectivity index (χ3n) is 4.72. The number of allylic oxidation sites excluding steroid dienone is 2. The van der Waals surface area contributed by atoms with Gasteiger partial charge in [-0.25, -0.2) is 4.79 Å². The molecular formula is C24H21NO2. The van der Waals surface area contributed by atoms with Crippen LogP contribution in [0, 0.1) is 23.2 Å². The van der Waals surface area contributed by atoms with Crippen molar-refractivity contribution in [2.75, 3.05) is 6.61 Å². The third kappa shape index (κ3) is 3.94. The first kappa shape index (κ1) is 18.5. The quantitative estimate of drug-likeness (QED) is 0.571. The molecule has 0 heterocycles. The molecule has 0 unspecified atom stereocenters. The van der Waals surface area contributed by atoms with Gasteiger partial charge < -0.3 is 4.74 Å². The van der Waals surface area contributed by atoms with E-state index in [4.69, 9.17) is 4.74 Å². The van der Waals surface area contributed by atoms with Gasteiger partial charge in [-0.2, -0.15) is 5.26 Å². The van der Waals surface area contributed by atoms with E-state index in [1.807, 2.05) is 30.3 Å². The lowest BCUT2D eigenvalue weighted by Crippen LogP contribution is -2.21. The molecule has 0 bridgehead atoms. The van der Waals surface area contributed by atoms with Crippen LogP contribution in [0.4, 0.5) is 0 Å².